The Bertz CT molecular complexity index is 749. The molecule has 2 aromatic heterocycles. The fourth-order valence-corrected chi connectivity index (χ4v) is 2.15. The smallest absolute Gasteiger partial charge is 0.258 e. The fraction of sp³-hybridized carbons (Fsp3) is 0.0714. The standard InChI is InChI=1S/C14H11ClN4O/c1-8-7-17-3-2-12(8)13-18-14(20-19-13)9-4-10(15)6-11(16)5-9/h2-7H,16H2,1H3. The molecule has 0 unspecified atom stereocenters. The maximum absolute atomic E-state index is 5.97. The molecule has 0 radical (unpaired) electrons. The van der Waals surface area contributed by atoms with E-state index in [-0.39, 0.29) is 0 Å². The average Bonchev–Trinajstić information content (AvgIpc) is 2.87. The first-order valence-electron chi connectivity index (χ1n) is 5.94. The Kier molecular flexibility index (Phi) is 3.12. The van der Waals surface area contributed by atoms with Crippen molar-refractivity contribution in [1.82, 2.24) is 15.1 Å². The zero-order valence-corrected chi connectivity index (χ0v) is 11.4. The Morgan fingerprint density at radius 2 is 2.10 bits per heavy atom. The molecule has 3 rings (SSSR count). The Balaban J connectivity index is 2.04. The number of nitrogens with two attached hydrogens (primary N) is 1. The molecule has 5 nitrogen and oxygen atoms in total. The molecule has 0 aliphatic heterocycles. The molecule has 3 aromatic rings. The van der Waals surface area contributed by atoms with E-state index in [2.05, 4.69) is 15.1 Å². The molecular weight excluding hydrogens is 276 g/mol. The lowest BCUT2D eigenvalue weighted by Gasteiger charge is -1.99. The summed E-state index contributed by atoms with van der Waals surface area (Å²) in [5.41, 5.74) is 8.86. The maximum atomic E-state index is 5.97. The molecule has 0 fully saturated rings. The maximum Gasteiger partial charge on any atom is 0.258 e. The molecule has 20 heavy (non-hydrogen) atoms. The van der Waals surface area contributed by atoms with E-state index in [1.54, 1.807) is 30.6 Å². The predicted octanol–water partition coefficient (Wildman–Crippen LogP) is 3.34. The van der Waals surface area contributed by atoms with Crippen molar-refractivity contribution in [3.8, 4) is 22.8 Å². The largest absolute Gasteiger partial charge is 0.399 e. The first kappa shape index (κ1) is 12.6. The van der Waals surface area contributed by atoms with Gasteiger partial charge in [0.1, 0.15) is 0 Å². The predicted molar refractivity (Wildman–Crippen MR) is 77.1 cm³/mol. The van der Waals surface area contributed by atoms with Crippen molar-refractivity contribution in [1.29, 1.82) is 0 Å². The van der Waals surface area contributed by atoms with Gasteiger partial charge >= 0.3 is 0 Å². The number of nitrogens with zero attached hydrogens (tertiary/aromatic N) is 3. The lowest BCUT2D eigenvalue weighted by Crippen LogP contribution is -1.88. The minimum atomic E-state index is 0.380. The second-order valence-corrected chi connectivity index (χ2v) is 4.82. The monoisotopic (exact) mass is 286 g/mol. The highest BCUT2D eigenvalue weighted by molar-refractivity contribution is 6.31. The highest BCUT2D eigenvalue weighted by Crippen LogP contribution is 2.27. The van der Waals surface area contributed by atoms with Gasteiger partial charge in [-0.1, -0.05) is 16.8 Å². The normalized spacial score (nSPS) is 10.7. The number of halogens is 1. The Morgan fingerprint density at radius 3 is 2.85 bits per heavy atom. The van der Waals surface area contributed by atoms with Gasteiger partial charge in [-0.05, 0) is 36.8 Å². The Hall–Kier alpha value is -2.40. The van der Waals surface area contributed by atoms with Gasteiger partial charge in [0.2, 0.25) is 5.82 Å². The zero-order chi connectivity index (χ0) is 14.1. The quantitative estimate of drug-likeness (QED) is 0.731. The summed E-state index contributed by atoms with van der Waals surface area (Å²) in [6.07, 6.45) is 3.44. The van der Waals surface area contributed by atoms with E-state index in [4.69, 9.17) is 21.9 Å². The van der Waals surface area contributed by atoms with Crippen LogP contribution in [0.5, 0.6) is 0 Å². The first-order valence-corrected chi connectivity index (χ1v) is 6.32. The summed E-state index contributed by atoms with van der Waals surface area (Å²) < 4.78 is 5.27. The van der Waals surface area contributed by atoms with Crippen LogP contribution in [0.4, 0.5) is 5.69 Å². The van der Waals surface area contributed by atoms with Crippen LogP contribution in [0.25, 0.3) is 22.8 Å². The number of hydrogen-bond acceptors (Lipinski definition) is 5. The van der Waals surface area contributed by atoms with Crippen LogP contribution < -0.4 is 5.73 Å². The summed E-state index contributed by atoms with van der Waals surface area (Å²) >= 11 is 5.97. The summed E-state index contributed by atoms with van der Waals surface area (Å²) in [4.78, 5) is 8.41. The van der Waals surface area contributed by atoms with Gasteiger partial charge in [0.25, 0.3) is 5.89 Å². The number of aromatic nitrogens is 3. The van der Waals surface area contributed by atoms with Crippen LogP contribution >= 0.6 is 11.6 Å². The third-order valence-corrected chi connectivity index (χ3v) is 3.07. The molecule has 0 aliphatic rings. The van der Waals surface area contributed by atoms with Crippen LogP contribution in [0, 0.1) is 6.92 Å². The highest BCUT2D eigenvalue weighted by Gasteiger charge is 2.13. The molecule has 6 heteroatoms. The lowest BCUT2D eigenvalue weighted by atomic mass is 10.1. The van der Waals surface area contributed by atoms with Crippen LogP contribution in [-0.4, -0.2) is 15.1 Å². The van der Waals surface area contributed by atoms with Crippen LogP contribution in [-0.2, 0) is 0 Å². The van der Waals surface area contributed by atoms with Crippen molar-refractivity contribution >= 4 is 17.3 Å². The second-order valence-electron chi connectivity index (χ2n) is 4.39. The molecule has 1 aromatic carbocycles. The zero-order valence-electron chi connectivity index (χ0n) is 10.7. The molecule has 0 atom stereocenters. The summed E-state index contributed by atoms with van der Waals surface area (Å²) in [5.74, 6) is 0.892. The second kappa shape index (κ2) is 4.94. The van der Waals surface area contributed by atoms with Crippen LogP contribution in [0.3, 0.4) is 0 Å². The highest BCUT2D eigenvalue weighted by atomic mass is 35.5. The molecule has 0 saturated heterocycles. The number of hydrogen-bond donors (Lipinski definition) is 1. The van der Waals surface area contributed by atoms with E-state index in [0.29, 0.717) is 28.0 Å². The molecule has 100 valence electrons. The Morgan fingerprint density at radius 1 is 1.25 bits per heavy atom. The number of benzene rings is 1. The van der Waals surface area contributed by atoms with Crippen molar-refractivity contribution < 1.29 is 4.52 Å². The number of rotatable bonds is 2. The van der Waals surface area contributed by atoms with Crippen LogP contribution in [0.1, 0.15) is 5.56 Å². The molecule has 2 N–H and O–H groups in total. The van der Waals surface area contributed by atoms with Gasteiger partial charge < -0.3 is 10.3 Å². The molecule has 0 bridgehead atoms. The third-order valence-electron chi connectivity index (χ3n) is 2.85. The van der Waals surface area contributed by atoms with Crippen molar-refractivity contribution in [2.24, 2.45) is 0 Å². The van der Waals surface area contributed by atoms with E-state index in [9.17, 15) is 0 Å². The van der Waals surface area contributed by atoms with Gasteiger partial charge in [0, 0.05) is 34.2 Å². The van der Waals surface area contributed by atoms with Gasteiger partial charge in [-0.15, -0.1) is 0 Å². The molecule has 0 spiro atoms. The van der Waals surface area contributed by atoms with Crippen LogP contribution in [0.2, 0.25) is 5.02 Å². The van der Waals surface area contributed by atoms with Gasteiger partial charge in [-0.2, -0.15) is 4.98 Å². The van der Waals surface area contributed by atoms with E-state index in [1.807, 2.05) is 13.0 Å². The van der Waals surface area contributed by atoms with E-state index < -0.39 is 0 Å². The van der Waals surface area contributed by atoms with Gasteiger partial charge in [-0.25, -0.2) is 0 Å². The molecular formula is C14H11ClN4O. The van der Waals surface area contributed by atoms with Crippen molar-refractivity contribution in [3.05, 3.63) is 47.2 Å². The first-order chi connectivity index (χ1) is 9.63. The number of anilines is 1. The van der Waals surface area contributed by atoms with Crippen molar-refractivity contribution in [3.63, 3.8) is 0 Å². The molecule has 0 saturated carbocycles. The molecule has 0 amide bonds. The number of nitrogen functional groups attached to an aromatic ring is 1. The van der Waals surface area contributed by atoms with Gasteiger partial charge in [0.05, 0.1) is 0 Å². The fourth-order valence-electron chi connectivity index (χ4n) is 1.91. The molecule has 2 heterocycles. The third kappa shape index (κ3) is 2.35. The van der Waals surface area contributed by atoms with E-state index in [0.717, 1.165) is 11.1 Å². The summed E-state index contributed by atoms with van der Waals surface area (Å²) in [7, 11) is 0. The SMILES string of the molecule is Cc1cnccc1-c1noc(-c2cc(N)cc(Cl)c2)n1. The van der Waals surface area contributed by atoms with Gasteiger partial charge in [0.15, 0.2) is 0 Å². The summed E-state index contributed by atoms with van der Waals surface area (Å²) in [5, 5.41) is 4.51. The topological polar surface area (TPSA) is 77.8 Å². The molecule has 0 aliphatic carbocycles. The number of aryl methyl sites for hydroxylation is 1. The Labute approximate surface area is 120 Å². The summed E-state index contributed by atoms with van der Waals surface area (Å²) in [6, 6.07) is 6.98. The summed E-state index contributed by atoms with van der Waals surface area (Å²) in [6.45, 7) is 1.94. The van der Waals surface area contributed by atoms with Crippen molar-refractivity contribution in [2.45, 2.75) is 6.92 Å². The lowest BCUT2D eigenvalue weighted by molar-refractivity contribution is 0.432. The van der Waals surface area contributed by atoms with E-state index >= 15 is 0 Å². The number of pyridine rings is 1. The van der Waals surface area contributed by atoms with Crippen molar-refractivity contribution in [2.75, 3.05) is 5.73 Å². The average molecular weight is 287 g/mol. The minimum absolute atomic E-state index is 0.380. The minimum Gasteiger partial charge on any atom is -0.399 e. The van der Waals surface area contributed by atoms with Crippen LogP contribution in [0.15, 0.2) is 41.2 Å². The van der Waals surface area contributed by atoms with Gasteiger partial charge in [-0.3, -0.25) is 4.98 Å². The van der Waals surface area contributed by atoms with E-state index in [1.165, 1.54) is 0 Å².